The van der Waals surface area contributed by atoms with Crippen LogP contribution >= 0.6 is 0 Å². The molecule has 0 amide bonds. The van der Waals surface area contributed by atoms with Crippen LogP contribution in [-0.4, -0.2) is 26.3 Å². The van der Waals surface area contributed by atoms with E-state index >= 15 is 0 Å². The summed E-state index contributed by atoms with van der Waals surface area (Å²) < 4.78 is 16.4. The number of esters is 1. The highest BCUT2D eigenvalue weighted by atomic mass is 16.5. The van der Waals surface area contributed by atoms with E-state index in [0.717, 1.165) is 41.9 Å². The first-order valence-corrected chi connectivity index (χ1v) is 10.8. The first-order chi connectivity index (χ1) is 15.6. The number of carbonyl (C=O) groups excluding carboxylic acids is 1. The maximum Gasteiger partial charge on any atom is 0.337 e. The molecule has 3 aromatic carbocycles. The van der Waals surface area contributed by atoms with Gasteiger partial charge in [-0.2, -0.15) is 0 Å². The van der Waals surface area contributed by atoms with Gasteiger partial charge in [-0.15, -0.1) is 0 Å². The van der Waals surface area contributed by atoms with E-state index in [1.807, 2.05) is 48.6 Å². The zero-order valence-electron chi connectivity index (χ0n) is 18.9. The number of aryl methyl sites for hydroxylation is 1. The van der Waals surface area contributed by atoms with E-state index in [-0.39, 0.29) is 12.1 Å². The van der Waals surface area contributed by atoms with Crippen molar-refractivity contribution >= 4 is 18.1 Å². The second-order valence-electron chi connectivity index (χ2n) is 7.66. The largest absolute Gasteiger partial charge is 0.493 e. The van der Waals surface area contributed by atoms with Crippen molar-refractivity contribution in [2.75, 3.05) is 14.2 Å². The van der Waals surface area contributed by atoms with E-state index in [0.29, 0.717) is 5.56 Å². The summed E-state index contributed by atoms with van der Waals surface area (Å²) in [6.07, 6.45) is 7.16. The summed E-state index contributed by atoms with van der Waals surface area (Å²) in [6, 6.07) is 23.7. The number of hydrogen-bond acceptors (Lipinski definition) is 4. The molecular formula is C28H30O4. The van der Waals surface area contributed by atoms with Crippen molar-refractivity contribution in [3.8, 4) is 11.5 Å². The summed E-state index contributed by atoms with van der Waals surface area (Å²) >= 11 is 0. The number of carbonyl (C=O) groups is 1. The molecule has 0 aromatic heterocycles. The van der Waals surface area contributed by atoms with E-state index in [9.17, 15) is 4.79 Å². The molecule has 0 radical (unpaired) electrons. The van der Waals surface area contributed by atoms with Gasteiger partial charge in [0, 0.05) is 0 Å². The monoisotopic (exact) mass is 430 g/mol. The molecule has 32 heavy (non-hydrogen) atoms. The first-order valence-electron chi connectivity index (χ1n) is 10.8. The fourth-order valence-corrected chi connectivity index (χ4v) is 3.44. The van der Waals surface area contributed by atoms with Crippen molar-refractivity contribution in [1.29, 1.82) is 0 Å². The summed E-state index contributed by atoms with van der Waals surface area (Å²) in [5.74, 6) is 1.12. The van der Waals surface area contributed by atoms with Crippen molar-refractivity contribution in [3.05, 3.63) is 95.1 Å². The molecule has 0 aliphatic carbocycles. The van der Waals surface area contributed by atoms with Gasteiger partial charge in [-0.05, 0) is 67.1 Å². The Bertz CT molecular complexity index is 1020. The molecule has 0 N–H and O–H groups in total. The summed E-state index contributed by atoms with van der Waals surface area (Å²) in [7, 11) is 3.03. The standard InChI is InChI=1S/C28H30O4/c1-21(8-7-11-22-9-5-4-6-10-22)32-27-20-24(16-19-26(27)30-2)13-12-23-14-17-25(18-15-23)28(29)31-3/h4-6,9-10,12-21H,7-8,11H2,1-3H3. The Labute approximate surface area is 190 Å². The van der Waals surface area contributed by atoms with E-state index in [2.05, 4.69) is 31.2 Å². The minimum atomic E-state index is -0.338. The van der Waals surface area contributed by atoms with Crippen molar-refractivity contribution in [2.45, 2.75) is 32.3 Å². The van der Waals surface area contributed by atoms with Crippen LogP contribution in [0.1, 0.15) is 46.8 Å². The van der Waals surface area contributed by atoms with Crippen LogP contribution in [0.15, 0.2) is 72.8 Å². The van der Waals surface area contributed by atoms with E-state index in [1.54, 1.807) is 19.2 Å². The van der Waals surface area contributed by atoms with Crippen LogP contribution in [0.4, 0.5) is 0 Å². The lowest BCUT2D eigenvalue weighted by atomic mass is 10.1. The smallest absolute Gasteiger partial charge is 0.337 e. The Kier molecular flexibility index (Phi) is 8.50. The van der Waals surface area contributed by atoms with E-state index < -0.39 is 0 Å². The number of rotatable bonds is 10. The molecule has 3 rings (SSSR count). The third-order valence-corrected chi connectivity index (χ3v) is 5.23. The van der Waals surface area contributed by atoms with Crippen molar-refractivity contribution in [3.63, 3.8) is 0 Å². The number of benzene rings is 3. The van der Waals surface area contributed by atoms with E-state index in [1.165, 1.54) is 12.7 Å². The SMILES string of the molecule is COC(=O)c1ccc(C=Cc2ccc(OC)c(OC(C)CCCc3ccccc3)c2)cc1. The van der Waals surface area contributed by atoms with Crippen LogP contribution in [0, 0.1) is 0 Å². The summed E-state index contributed by atoms with van der Waals surface area (Å²) in [4.78, 5) is 11.6. The van der Waals surface area contributed by atoms with Crippen LogP contribution in [0.5, 0.6) is 11.5 Å². The number of methoxy groups -OCH3 is 2. The molecule has 0 saturated carbocycles. The van der Waals surface area contributed by atoms with Gasteiger partial charge in [-0.25, -0.2) is 4.79 Å². The average Bonchev–Trinajstić information content (AvgIpc) is 2.83. The zero-order chi connectivity index (χ0) is 22.8. The van der Waals surface area contributed by atoms with Crippen molar-refractivity contribution < 1.29 is 19.0 Å². The third-order valence-electron chi connectivity index (χ3n) is 5.23. The molecule has 1 unspecified atom stereocenters. The van der Waals surface area contributed by atoms with Gasteiger partial charge in [-0.1, -0.05) is 60.7 Å². The molecule has 4 heteroatoms. The van der Waals surface area contributed by atoms with Gasteiger partial charge >= 0.3 is 5.97 Å². The van der Waals surface area contributed by atoms with Gasteiger partial charge in [0.05, 0.1) is 25.9 Å². The molecule has 1 atom stereocenters. The molecule has 0 spiro atoms. The molecule has 4 nitrogen and oxygen atoms in total. The predicted molar refractivity (Wildman–Crippen MR) is 129 cm³/mol. The molecule has 0 fully saturated rings. The molecule has 0 aliphatic heterocycles. The number of ether oxygens (including phenoxy) is 3. The average molecular weight is 431 g/mol. The van der Waals surface area contributed by atoms with Gasteiger partial charge < -0.3 is 14.2 Å². The van der Waals surface area contributed by atoms with Gasteiger partial charge in [0.25, 0.3) is 0 Å². The highest BCUT2D eigenvalue weighted by Gasteiger charge is 2.10. The molecule has 0 heterocycles. The Morgan fingerprint density at radius 2 is 1.56 bits per heavy atom. The van der Waals surface area contributed by atoms with Crippen LogP contribution in [-0.2, 0) is 11.2 Å². The minimum Gasteiger partial charge on any atom is -0.493 e. The first kappa shape index (κ1) is 23.1. The third kappa shape index (κ3) is 6.74. The van der Waals surface area contributed by atoms with Crippen LogP contribution in [0.25, 0.3) is 12.2 Å². The highest BCUT2D eigenvalue weighted by molar-refractivity contribution is 5.89. The molecule has 0 aliphatic rings. The van der Waals surface area contributed by atoms with Gasteiger partial charge in [0.15, 0.2) is 11.5 Å². The second kappa shape index (κ2) is 11.8. The fraction of sp³-hybridized carbons (Fsp3) is 0.250. The quantitative estimate of drug-likeness (QED) is 0.274. The zero-order valence-corrected chi connectivity index (χ0v) is 18.9. The lowest BCUT2D eigenvalue weighted by molar-refractivity contribution is 0.0600. The normalized spacial score (nSPS) is 11.8. The molecule has 0 bridgehead atoms. The summed E-state index contributed by atoms with van der Waals surface area (Å²) in [5, 5.41) is 0. The van der Waals surface area contributed by atoms with Gasteiger partial charge in [0.2, 0.25) is 0 Å². The van der Waals surface area contributed by atoms with Crippen LogP contribution in [0.2, 0.25) is 0 Å². The maximum atomic E-state index is 11.6. The molecular weight excluding hydrogens is 400 g/mol. The maximum absolute atomic E-state index is 11.6. The summed E-state index contributed by atoms with van der Waals surface area (Å²) in [6.45, 7) is 2.09. The number of hydrogen-bond donors (Lipinski definition) is 0. The lowest BCUT2D eigenvalue weighted by Crippen LogP contribution is -2.12. The Morgan fingerprint density at radius 1 is 0.875 bits per heavy atom. The Hall–Kier alpha value is -3.53. The fourth-order valence-electron chi connectivity index (χ4n) is 3.44. The van der Waals surface area contributed by atoms with Gasteiger partial charge in [-0.3, -0.25) is 0 Å². The Morgan fingerprint density at radius 3 is 2.25 bits per heavy atom. The second-order valence-corrected chi connectivity index (χ2v) is 7.66. The topological polar surface area (TPSA) is 44.8 Å². The molecule has 3 aromatic rings. The van der Waals surface area contributed by atoms with Crippen molar-refractivity contribution in [2.24, 2.45) is 0 Å². The molecule has 166 valence electrons. The van der Waals surface area contributed by atoms with Crippen molar-refractivity contribution in [1.82, 2.24) is 0 Å². The van der Waals surface area contributed by atoms with Crippen LogP contribution < -0.4 is 9.47 Å². The summed E-state index contributed by atoms with van der Waals surface area (Å²) in [5.41, 5.74) is 3.88. The predicted octanol–water partition coefficient (Wildman–Crippen LogP) is 6.44. The van der Waals surface area contributed by atoms with E-state index in [4.69, 9.17) is 14.2 Å². The highest BCUT2D eigenvalue weighted by Crippen LogP contribution is 2.30. The lowest BCUT2D eigenvalue weighted by Gasteiger charge is -2.17. The van der Waals surface area contributed by atoms with Crippen LogP contribution in [0.3, 0.4) is 0 Å². The molecule has 0 saturated heterocycles. The minimum absolute atomic E-state index is 0.0812. The Balaban J connectivity index is 1.61. The van der Waals surface area contributed by atoms with Gasteiger partial charge in [0.1, 0.15) is 0 Å².